The zero-order chi connectivity index (χ0) is 35.3. The van der Waals surface area contributed by atoms with Crippen LogP contribution >= 0.6 is 0 Å². The summed E-state index contributed by atoms with van der Waals surface area (Å²) in [6.07, 6.45) is 1.61. The molecule has 15 heteroatoms. The van der Waals surface area contributed by atoms with Gasteiger partial charge in [-0.2, -0.15) is 0 Å². The van der Waals surface area contributed by atoms with Crippen LogP contribution in [0, 0.1) is 5.41 Å². The number of aromatic nitrogens is 2. The molecule has 3 rings (SSSR count). The van der Waals surface area contributed by atoms with Crippen molar-refractivity contribution < 1.29 is 38.6 Å². The van der Waals surface area contributed by atoms with Gasteiger partial charge in [-0.15, -0.1) is 0 Å². The number of nitrogens with one attached hydrogen (secondary N) is 2. The molecule has 256 valence electrons. The van der Waals surface area contributed by atoms with Crippen LogP contribution in [0.5, 0.6) is 0 Å². The number of hydrogen-bond acceptors (Lipinski definition) is 9. The van der Waals surface area contributed by atoms with Crippen molar-refractivity contribution in [1.82, 2.24) is 25.1 Å². The molecule has 0 aliphatic carbocycles. The molecular weight excluding hydrogens is 610 g/mol. The van der Waals surface area contributed by atoms with E-state index in [1.54, 1.807) is 53.7 Å². The fraction of sp³-hybridized carbons (Fsp3) is 0.531. The van der Waals surface area contributed by atoms with E-state index in [1.165, 1.54) is 17.4 Å². The topological polar surface area (TPSA) is 229 Å². The van der Waals surface area contributed by atoms with Gasteiger partial charge in [0.05, 0.1) is 11.7 Å². The number of primary amides is 1. The third-order valence-corrected chi connectivity index (χ3v) is 7.53. The molecule has 7 N–H and O–H groups in total. The highest BCUT2D eigenvalue weighted by molar-refractivity contribution is 5.95. The summed E-state index contributed by atoms with van der Waals surface area (Å²) in [4.78, 5) is 82.2. The number of amides is 4. The van der Waals surface area contributed by atoms with Crippen molar-refractivity contribution in [2.75, 3.05) is 0 Å². The minimum Gasteiger partial charge on any atom is -0.480 e. The highest BCUT2D eigenvalue weighted by atomic mass is 16.6. The van der Waals surface area contributed by atoms with Crippen molar-refractivity contribution in [2.24, 2.45) is 16.9 Å². The second-order valence-corrected chi connectivity index (χ2v) is 13.7. The number of carboxylic acids is 1. The molecular formula is C32H45N7O8. The summed E-state index contributed by atoms with van der Waals surface area (Å²) in [6.45, 7) is 10.5. The van der Waals surface area contributed by atoms with Gasteiger partial charge in [0.15, 0.2) is 0 Å². The Kier molecular flexibility index (Phi) is 11.5. The van der Waals surface area contributed by atoms with Crippen LogP contribution in [0.25, 0.3) is 0 Å². The van der Waals surface area contributed by atoms with E-state index in [9.17, 15) is 33.9 Å². The summed E-state index contributed by atoms with van der Waals surface area (Å²) in [5.41, 5.74) is 11.8. The second kappa shape index (κ2) is 14.8. The average Bonchev–Trinajstić information content (AvgIpc) is 3.43. The minimum absolute atomic E-state index is 0.0305. The van der Waals surface area contributed by atoms with Crippen LogP contribution in [0.2, 0.25) is 0 Å². The Morgan fingerprint density at radius 3 is 2.26 bits per heavy atom. The molecule has 0 fully saturated rings. The quantitative estimate of drug-likeness (QED) is 0.229. The van der Waals surface area contributed by atoms with E-state index in [-0.39, 0.29) is 32.2 Å². The molecule has 4 amide bonds. The van der Waals surface area contributed by atoms with Crippen molar-refractivity contribution in [3.8, 4) is 0 Å². The number of benzene rings is 1. The highest BCUT2D eigenvalue weighted by Crippen LogP contribution is 2.28. The van der Waals surface area contributed by atoms with Crippen LogP contribution < -0.4 is 22.1 Å². The summed E-state index contributed by atoms with van der Waals surface area (Å²) in [5.74, 6) is -4.00. The van der Waals surface area contributed by atoms with E-state index in [2.05, 4.69) is 15.6 Å². The number of carbonyl (C=O) groups is 6. The van der Waals surface area contributed by atoms with Gasteiger partial charge in [-0.05, 0) is 43.7 Å². The number of fused-ring (bicyclic) bond motifs is 1. The Bertz CT molecular complexity index is 1510. The number of imidazole rings is 1. The molecule has 0 saturated heterocycles. The summed E-state index contributed by atoms with van der Waals surface area (Å²) in [5, 5.41) is 14.9. The maximum Gasteiger partial charge on any atom is 0.419 e. The Morgan fingerprint density at radius 2 is 1.68 bits per heavy atom. The van der Waals surface area contributed by atoms with Gasteiger partial charge in [-0.3, -0.25) is 19.2 Å². The van der Waals surface area contributed by atoms with Gasteiger partial charge < -0.3 is 36.8 Å². The third-order valence-electron chi connectivity index (χ3n) is 7.53. The molecule has 0 bridgehead atoms. The van der Waals surface area contributed by atoms with Crippen molar-refractivity contribution in [3.63, 3.8) is 0 Å². The monoisotopic (exact) mass is 655 g/mol. The molecule has 15 nitrogen and oxygen atoms in total. The molecule has 2 heterocycles. The molecule has 1 aliphatic heterocycles. The third kappa shape index (κ3) is 10.1. The zero-order valence-corrected chi connectivity index (χ0v) is 27.6. The van der Waals surface area contributed by atoms with Crippen molar-refractivity contribution >= 4 is 35.7 Å². The molecule has 4 atom stereocenters. The number of ether oxygens (including phenoxy) is 1. The van der Waals surface area contributed by atoms with Crippen molar-refractivity contribution in [2.45, 2.75) is 104 Å². The summed E-state index contributed by atoms with van der Waals surface area (Å²) >= 11 is 0. The SMILES string of the molecule is CC(C)(C)OC(=O)n1cnc(CC(N)C(=O)N[C@H](C(=O)N2Cc3ccccc3CC2C(=O)N[C@@H](CCC(N)=O)C(=O)O)C(C)(C)C)c1. The highest BCUT2D eigenvalue weighted by Gasteiger charge is 2.43. The van der Waals surface area contributed by atoms with Crippen LogP contribution in [0.3, 0.4) is 0 Å². The molecule has 47 heavy (non-hydrogen) atoms. The summed E-state index contributed by atoms with van der Waals surface area (Å²) in [6, 6.07) is 2.47. The number of rotatable bonds is 11. The van der Waals surface area contributed by atoms with Crippen LogP contribution in [0.15, 0.2) is 36.8 Å². The molecule has 1 aliphatic rings. The molecule has 2 unspecified atom stereocenters. The van der Waals surface area contributed by atoms with E-state index in [1.807, 2.05) is 12.1 Å². The number of aliphatic carboxylic acids is 1. The minimum atomic E-state index is -1.40. The summed E-state index contributed by atoms with van der Waals surface area (Å²) in [7, 11) is 0. The van der Waals surface area contributed by atoms with E-state index < -0.39 is 70.9 Å². The Morgan fingerprint density at radius 1 is 1.04 bits per heavy atom. The number of carboxylic acid groups (broad SMARTS) is 1. The molecule has 0 saturated carbocycles. The lowest BCUT2D eigenvalue weighted by Gasteiger charge is -2.41. The molecule has 0 spiro atoms. The van der Waals surface area contributed by atoms with Gasteiger partial charge in [0, 0.05) is 32.0 Å². The fourth-order valence-corrected chi connectivity index (χ4v) is 5.07. The first kappa shape index (κ1) is 36.7. The van der Waals surface area contributed by atoms with Gasteiger partial charge in [-0.1, -0.05) is 45.0 Å². The molecule has 0 radical (unpaired) electrons. The number of hydrogen-bond donors (Lipinski definition) is 5. The van der Waals surface area contributed by atoms with Crippen LogP contribution in [0.4, 0.5) is 4.79 Å². The molecule has 2 aromatic rings. The van der Waals surface area contributed by atoms with E-state index >= 15 is 0 Å². The lowest BCUT2D eigenvalue weighted by molar-refractivity contribution is -0.148. The van der Waals surface area contributed by atoms with E-state index in [0.29, 0.717) is 5.69 Å². The van der Waals surface area contributed by atoms with Crippen LogP contribution in [-0.2, 0) is 48.1 Å². The van der Waals surface area contributed by atoms with Gasteiger partial charge in [0.1, 0.15) is 30.1 Å². The first-order chi connectivity index (χ1) is 21.8. The number of nitrogens with two attached hydrogens (primary N) is 2. The second-order valence-electron chi connectivity index (χ2n) is 13.7. The van der Waals surface area contributed by atoms with Crippen LogP contribution in [0.1, 0.15) is 71.2 Å². The largest absolute Gasteiger partial charge is 0.480 e. The van der Waals surface area contributed by atoms with E-state index in [0.717, 1.165) is 15.7 Å². The lowest BCUT2D eigenvalue weighted by Crippen LogP contribution is -2.62. The predicted molar refractivity (Wildman–Crippen MR) is 169 cm³/mol. The summed E-state index contributed by atoms with van der Waals surface area (Å²) < 4.78 is 6.47. The fourth-order valence-electron chi connectivity index (χ4n) is 5.07. The van der Waals surface area contributed by atoms with Crippen molar-refractivity contribution in [1.29, 1.82) is 0 Å². The predicted octanol–water partition coefficient (Wildman–Crippen LogP) is 0.855. The van der Waals surface area contributed by atoms with E-state index in [4.69, 9.17) is 16.2 Å². The first-order valence-corrected chi connectivity index (χ1v) is 15.3. The van der Waals surface area contributed by atoms with Gasteiger partial charge in [-0.25, -0.2) is 19.1 Å². The van der Waals surface area contributed by atoms with Gasteiger partial charge >= 0.3 is 12.1 Å². The normalized spacial score (nSPS) is 16.7. The number of carbonyl (C=O) groups excluding carboxylic acids is 5. The smallest absolute Gasteiger partial charge is 0.419 e. The average molecular weight is 656 g/mol. The lowest BCUT2D eigenvalue weighted by atomic mass is 9.84. The van der Waals surface area contributed by atoms with Crippen LogP contribution in [-0.4, -0.2) is 85.0 Å². The molecule has 1 aromatic heterocycles. The maximum absolute atomic E-state index is 14.3. The Balaban J connectivity index is 1.82. The molecule has 1 aromatic carbocycles. The van der Waals surface area contributed by atoms with Crippen molar-refractivity contribution in [3.05, 3.63) is 53.6 Å². The number of nitrogens with zero attached hydrogens (tertiary/aromatic N) is 3. The Hall–Kier alpha value is -4.79. The Labute approximate surface area is 273 Å². The maximum atomic E-state index is 14.3. The standard InChI is InChI=1S/C32H45N7O8/c1-31(2,3)25(37-26(41)21(33)14-20-16-38(17-35-20)30(46)47-32(4,5)6)28(43)39-15-19-10-8-7-9-18(19)13-23(39)27(42)36-22(29(44)45)11-12-24(34)40/h7-10,16-17,21-23,25H,11-15,33H2,1-6H3,(H2,34,40)(H,36,42)(H,37,41)(H,44,45)/t21?,22-,23?,25+/m0/s1. The zero-order valence-electron chi connectivity index (χ0n) is 27.6. The van der Waals surface area contributed by atoms with Gasteiger partial charge in [0.2, 0.25) is 23.6 Å². The van der Waals surface area contributed by atoms with Gasteiger partial charge in [0.25, 0.3) is 0 Å². The first-order valence-electron chi connectivity index (χ1n) is 15.3.